The third-order valence-corrected chi connectivity index (χ3v) is 3.82. The average molecular weight is 299 g/mol. The number of rotatable bonds is 5. The van der Waals surface area contributed by atoms with Crippen LogP contribution >= 0.6 is 11.6 Å². The minimum atomic E-state index is -0.428. The van der Waals surface area contributed by atoms with E-state index >= 15 is 0 Å². The molecule has 1 aromatic rings. The predicted molar refractivity (Wildman–Crippen MR) is 78.1 cm³/mol. The van der Waals surface area contributed by atoms with E-state index in [-0.39, 0.29) is 17.0 Å². The number of hydrogen-bond acceptors (Lipinski definition) is 2. The highest BCUT2D eigenvalue weighted by atomic mass is 35.5. The average Bonchev–Trinajstić information content (AvgIpc) is 2.44. The van der Waals surface area contributed by atoms with Gasteiger partial charge in [0.05, 0.1) is 11.1 Å². The maximum atomic E-state index is 13.1. The molecule has 1 unspecified atom stereocenters. The van der Waals surface area contributed by atoms with Crippen LogP contribution in [-0.2, 0) is 11.3 Å². The fourth-order valence-electron chi connectivity index (χ4n) is 2.46. The molecule has 1 aliphatic rings. The Morgan fingerprint density at radius 1 is 1.50 bits per heavy atom. The van der Waals surface area contributed by atoms with Gasteiger partial charge in [0.25, 0.3) is 0 Å². The Hall–Kier alpha value is -1.13. The molecule has 0 bridgehead atoms. The zero-order chi connectivity index (χ0) is 14.5. The van der Waals surface area contributed by atoms with Crippen LogP contribution in [0.1, 0.15) is 31.7 Å². The predicted octanol–water partition coefficient (Wildman–Crippen LogP) is 2.97. The maximum absolute atomic E-state index is 13.1. The summed E-state index contributed by atoms with van der Waals surface area (Å²) >= 11 is 5.77. The van der Waals surface area contributed by atoms with Gasteiger partial charge in [-0.1, -0.05) is 24.6 Å². The summed E-state index contributed by atoms with van der Waals surface area (Å²) in [6.07, 6.45) is 2.89. The Bertz CT molecular complexity index is 481. The van der Waals surface area contributed by atoms with Crippen molar-refractivity contribution in [2.75, 3.05) is 13.1 Å². The number of halogens is 2. The maximum Gasteiger partial charge on any atom is 0.240 e. The standard InChI is InChI=1S/C15H20ClFN2O/c1-2-7-18-14-4-3-8-19(15(14)20)10-11-5-6-13(17)12(16)9-11/h5-6,9,14,18H,2-4,7-8,10H2,1H3. The number of piperidine rings is 1. The smallest absolute Gasteiger partial charge is 0.240 e. The van der Waals surface area contributed by atoms with Gasteiger partial charge in [0.1, 0.15) is 5.82 Å². The Morgan fingerprint density at radius 2 is 2.30 bits per heavy atom. The molecule has 20 heavy (non-hydrogen) atoms. The number of amides is 1. The Balaban J connectivity index is 2.00. The Morgan fingerprint density at radius 3 is 3.00 bits per heavy atom. The molecule has 1 saturated heterocycles. The summed E-state index contributed by atoms with van der Waals surface area (Å²) in [5.41, 5.74) is 0.862. The second-order valence-corrected chi connectivity index (χ2v) is 5.56. The van der Waals surface area contributed by atoms with Crippen molar-refractivity contribution in [1.29, 1.82) is 0 Å². The van der Waals surface area contributed by atoms with E-state index in [1.807, 2.05) is 4.90 Å². The van der Waals surface area contributed by atoms with Crippen LogP contribution in [0.4, 0.5) is 4.39 Å². The molecule has 3 nitrogen and oxygen atoms in total. The summed E-state index contributed by atoms with van der Waals surface area (Å²) in [5, 5.41) is 3.38. The lowest BCUT2D eigenvalue weighted by molar-refractivity contribution is -0.136. The van der Waals surface area contributed by atoms with E-state index in [0.717, 1.165) is 37.9 Å². The van der Waals surface area contributed by atoms with Gasteiger partial charge in [0.2, 0.25) is 5.91 Å². The van der Waals surface area contributed by atoms with Crippen molar-refractivity contribution in [3.63, 3.8) is 0 Å². The van der Waals surface area contributed by atoms with E-state index < -0.39 is 5.82 Å². The molecule has 0 aliphatic carbocycles. The lowest BCUT2D eigenvalue weighted by Gasteiger charge is -2.33. The number of carbonyl (C=O) groups is 1. The van der Waals surface area contributed by atoms with Crippen LogP contribution in [0.3, 0.4) is 0 Å². The van der Waals surface area contributed by atoms with Crippen LogP contribution in [-0.4, -0.2) is 29.9 Å². The molecule has 1 aliphatic heterocycles. The minimum Gasteiger partial charge on any atom is -0.337 e. The van der Waals surface area contributed by atoms with E-state index in [4.69, 9.17) is 11.6 Å². The van der Waals surface area contributed by atoms with Crippen molar-refractivity contribution >= 4 is 17.5 Å². The number of benzene rings is 1. The SMILES string of the molecule is CCCNC1CCCN(Cc2ccc(F)c(Cl)c2)C1=O. The van der Waals surface area contributed by atoms with Gasteiger partial charge in [-0.05, 0) is 43.5 Å². The fraction of sp³-hybridized carbons (Fsp3) is 0.533. The molecular formula is C15H20ClFN2O. The van der Waals surface area contributed by atoms with E-state index in [0.29, 0.717) is 6.54 Å². The van der Waals surface area contributed by atoms with Crippen molar-refractivity contribution in [3.8, 4) is 0 Å². The van der Waals surface area contributed by atoms with Crippen LogP contribution < -0.4 is 5.32 Å². The van der Waals surface area contributed by atoms with Crippen molar-refractivity contribution < 1.29 is 9.18 Å². The fourth-order valence-corrected chi connectivity index (χ4v) is 2.67. The third kappa shape index (κ3) is 3.70. The summed E-state index contributed by atoms with van der Waals surface area (Å²) in [4.78, 5) is 14.2. The monoisotopic (exact) mass is 298 g/mol. The number of nitrogens with zero attached hydrogens (tertiary/aromatic N) is 1. The van der Waals surface area contributed by atoms with Crippen LogP contribution in [0.5, 0.6) is 0 Å². The molecule has 1 aromatic carbocycles. The highest BCUT2D eigenvalue weighted by Gasteiger charge is 2.27. The zero-order valence-corrected chi connectivity index (χ0v) is 12.4. The molecule has 0 spiro atoms. The lowest BCUT2D eigenvalue weighted by atomic mass is 10.0. The first kappa shape index (κ1) is 15.3. The summed E-state index contributed by atoms with van der Waals surface area (Å²) in [5.74, 6) is -0.298. The lowest BCUT2D eigenvalue weighted by Crippen LogP contribution is -2.50. The summed E-state index contributed by atoms with van der Waals surface area (Å²) in [7, 11) is 0. The number of nitrogens with one attached hydrogen (secondary N) is 1. The van der Waals surface area contributed by atoms with Gasteiger partial charge in [-0.15, -0.1) is 0 Å². The van der Waals surface area contributed by atoms with Crippen LogP contribution in [0.15, 0.2) is 18.2 Å². The van der Waals surface area contributed by atoms with Gasteiger partial charge < -0.3 is 10.2 Å². The largest absolute Gasteiger partial charge is 0.337 e. The molecule has 1 atom stereocenters. The molecule has 1 fully saturated rings. The van der Waals surface area contributed by atoms with E-state index in [1.165, 1.54) is 6.07 Å². The Labute approximate surface area is 124 Å². The molecule has 0 radical (unpaired) electrons. The normalized spacial score (nSPS) is 19.4. The van der Waals surface area contributed by atoms with Gasteiger partial charge in [-0.2, -0.15) is 0 Å². The molecule has 5 heteroatoms. The van der Waals surface area contributed by atoms with Crippen LogP contribution in [0, 0.1) is 5.82 Å². The minimum absolute atomic E-state index is 0.0837. The molecule has 1 heterocycles. The molecule has 1 amide bonds. The van der Waals surface area contributed by atoms with Crippen molar-refractivity contribution in [2.24, 2.45) is 0 Å². The Kier molecular flexibility index (Phi) is 5.38. The summed E-state index contributed by atoms with van der Waals surface area (Å²) in [6.45, 7) is 4.17. The van der Waals surface area contributed by atoms with Gasteiger partial charge in [0, 0.05) is 13.1 Å². The molecule has 1 N–H and O–H groups in total. The third-order valence-electron chi connectivity index (χ3n) is 3.53. The molecule has 0 aromatic heterocycles. The second kappa shape index (κ2) is 7.04. The van der Waals surface area contributed by atoms with Crippen molar-refractivity contribution in [2.45, 2.75) is 38.8 Å². The van der Waals surface area contributed by atoms with Gasteiger partial charge in [-0.25, -0.2) is 4.39 Å². The number of carbonyl (C=O) groups excluding carboxylic acids is 1. The molecule has 2 rings (SSSR count). The van der Waals surface area contributed by atoms with Crippen LogP contribution in [0.25, 0.3) is 0 Å². The van der Waals surface area contributed by atoms with E-state index in [9.17, 15) is 9.18 Å². The highest BCUT2D eigenvalue weighted by Crippen LogP contribution is 2.19. The molecular weight excluding hydrogens is 279 g/mol. The van der Waals surface area contributed by atoms with Crippen molar-refractivity contribution in [3.05, 3.63) is 34.6 Å². The topological polar surface area (TPSA) is 32.3 Å². The number of hydrogen-bond donors (Lipinski definition) is 1. The zero-order valence-electron chi connectivity index (χ0n) is 11.7. The van der Waals surface area contributed by atoms with Crippen molar-refractivity contribution in [1.82, 2.24) is 10.2 Å². The van der Waals surface area contributed by atoms with E-state index in [2.05, 4.69) is 12.2 Å². The highest BCUT2D eigenvalue weighted by molar-refractivity contribution is 6.30. The van der Waals surface area contributed by atoms with E-state index in [1.54, 1.807) is 12.1 Å². The van der Waals surface area contributed by atoms with Gasteiger partial charge in [0.15, 0.2) is 0 Å². The first-order chi connectivity index (χ1) is 9.61. The van der Waals surface area contributed by atoms with Gasteiger partial charge in [-0.3, -0.25) is 4.79 Å². The second-order valence-electron chi connectivity index (χ2n) is 5.16. The van der Waals surface area contributed by atoms with Gasteiger partial charge >= 0.3 is 0 Å². The molecule has 0 saturated carbocycles. The summed E-state index contributed by atoms with van der Waals surface area (Å²) < 4.78 is 13.1. The first-order valence-corrected chi connectivity index (χ1v) is 7.45. The quantitative estimate of drug-likeness (QED) is 0.906. The van der Waals surface area contributed by atoms with Crippen LogP contribution in [0.2, 0.25) is 5.02 Å². The number of likely N-dealkylation sites (tertiary alicyclic amines) is 1. The molecule has 110 valence electrons. The first-order valence-electron chi connectivity index (χ1n) is 7.08. The summed E-state index contributed by atoms with van der Waals surface area (Å²) in [6, 6.07) is 4.53.